The average Bonchev–Trinajstić information content (AvgIpc) is 2.04. The third-order valence-corrected chi connectivity index (χ3v) is 1.69. The molecule has 0 spiro atoms. The van der Waals surface area contributed by atoms with Crippen molar-refractivity contribution in [1.29, 1.82) is 0 Å². The Balaban J connectivity index is 2.69. The molecule has 1 aromatic heterocycles. The minimum Gasteiger partial charge on any atom is -0.480 e. The summed E-state index contributed by atoms with van der Waals surface area (Å²) >= 11 is 0. The van der Waals surface area contributed by atoms with E-state index in [1.807, 2.05) is 19.1 Å². The number of carbonyl (C=O) groups is 1. The summed E-state index contributed by atoms with van der Waals surface area (Å²) in [5.74, 6) is -0.997. The van der Waals surface area contributed by atoms with Crippen LogP contribution in [-0.4, -0.2) is 22.1 Å². The lowest BCUT2D eigenvalue weighted by atomic mass is 10.1. The second-order valence-electron chi connectivity index (χ2n) is 2.92. The Hall–Kier alpha value is -1.42. The molecule has 0 fully saturated rings. The van der Waals surface area contributed by atoms with Gasteiger partial charge in [-0.1, -0.05) is 6.07 Å². The molecular weight excluding hydrogens is 168 g/mol. The highest BCUT2D eigenvalue weighted by Crippen LogP contribution is 2.00. The Kier molecular flexibility index (Phi) is 2.97. The van der Waals surface area contributed by atoms with Gasteiger partial charge in [-0.3, -0.25) is 9.78 Å². The monoisotopic (exact) mass is 180 g/mol. The molecule has 0 bridgehead atoms. The number of hydrogen-bond acceptors (Lipinski definition) is 3. The van der Waals surface area contributed by atoms with Gasteiger partial charge < -0.3 is 10.8 Å². The number of aryl methyl sites for hydroxylation is 1. The van der Waals surface area contributed by atoms with Crippen molar-refractivity contribution in [3.63, 3.8) is 0 Å². The standard InChI is InChI=1S/C9H12N2O2/c1-6-3-2-4-7(11-6)5-8(10)9(12)13/h2-4,8H,5,10H2,1H3,(H,12,13)/t8-/m1/s1. The van der Waals surface area contributed by atoms with Gasteiger partial charge >= 0.3 is 5.97 Å². The third-order valence-electron chi connectivity index (χ3n) is 1.69. The van der Waals surface area contributed by atoms with Crippen LogP contribution in [0.25, 0.3) is 0 Å². The van der Waals surface area contributed by atoms with Gasteiger partial charge in [0.25, 0.3) is 0 Å². The lowest BCUT2D eigenvalue weighted by molar-refractivity contribution is -0.138. The second kappa shape index (κ2) is 4.00. The number of nitrogens with zero attached hydrogens (tertiary/aromatic N) is 1. The summed E-state index contributed by atoms with van der Waals surface area (Å²) in [5, 5.41) is 8.56. The number of carboxylic acids is 1. The molecule has 1 heterocycles. The Morgan fingerprint density at radius 2 is 2.38 bits per heavy atom. The topological polar surface area (TPSA) is 76.2 Å². The van der Waals surface area contributed by atoms with Crippen LogP contribution >= 0.6 is 0 Å². The first-order chi connectivity index (χ1) is 6.09. The van der Waals surface area contributed by atoms with Gasteiger partial charge in [0.2, 0.25) is 0 Å². The van der Waals surface area contributed by atoms with Crippen LogP contribution in [0.2, 0.25) is 0 Å². The maximum Gasteiger partial charge on any atom is 0.320 e. The van der Waals surface area contributed by atoms with Gasteiger partial charge in [-0.15, -0.1) is 0 Å². The van der Waals surface area contributed by atoms with Crippen molar-refractivity contribution in [3.8, 4) is 0 Å². The van der Waals surface area contributed by atoms with Gasteiger partial charge in [-0.05, 0) is 19.1 Å². The van der Waals surface area contributed by atoms with E-state index in [4.69, 9.17) is 10.8 Å². The van der Waals surface area contributed by atoms with Crippen LogP contribution in [0, 0.1) is 6.92 Å². The van der Waals surface area contributed by atoms with Crippen molar-refractivity contribution in [2.75, 3.05) is 0 Å². The van der Waals surface area contributed by atoms with E-state index in [1.165, 1.54) is 0 Å². The molecule has 0 unspecified atom stereocenters. The summed E-state index contributed by atoms with van der Waals surface area (Å²) in [6.45, 7) is 1.86. The van der Waals surface area contributed by atoms with E-state index in [9.17, 15) is 4.79 Å². The molecule has 0 amide bonds. The van der Waals surface area contributed by atoms with E-state index in [2.05, 4.69) is 4.98 Å². The molecular formula is C9H12N2O2. The molecule has 4 nitrogen and oxygen atoms in total. The SMILES string of the molecule is Cc1cccc(C[C@@H](N)C(=O)O)n1. The molecule has 70 valence electrons. The van der Waals surface area contributed by atoms with E-state index in [0.29, 0.717) is 0 Å². The maximum atomic E-state index is 10.4. The highest BCUT2D eigenvalue weighted by Gasteiger charge is 2.12. The number of carboxylic acid groups (broad SMARTS) is 1. The van der Waals surface area contributed by atoms with Crippen molar-refractivity contribution in [3.05, 3.63) is 29.6 Å². The maximum absolute atomic E-state index is 10.4. The summed E-state index contributed by atoms with van der Waals surface area (Å²) in [6, 6.07) is 4.60. The Morgan fingerprint density at radius 1 is 1.69 bits per heavy atom. The van der Waals surface area contributed by atoms with Crippen LogP contribution in [0.15, 0.2) is 18.2 Å². The molecule has 1 atom stereocenters. The quantitative estimate of drug-likeness (QED) is 0.703. The molecule has 1 aromatic rings. The number of pyridine rings is 1. The minimum atomic E-state index is -0.997. The smallest absolute Gasteiger partial charge is 0.320 e. The van der Waals surface area contributed by atoms with E-state index in [0.717, 1.165) is 11.4 Å². The zero-order chi connectivity index (χ0) is 9.84. The van der Waals surface area contributed by atoms with Crippen molar-refractivity contribution in [1.82, 2.24) is 4.98 Å². The van der Waals surface area contributed by atoms with Gasteiger partial charge in [0, 0.05) is 17.8 Å². The minimum absolute atomic E-state index is 0.275. The first-order valence-electron chi connectivity index (χ1n) is 4.00. The molecule has 0 aliphatic rings. The molecule has 1 rings (SSSR count). The molecule has 13 heavy (non-hydrogen) atoms. The van der Waals surface area contributed by atoms with Crippen LogP contribution in [-0.2, 0) is 11.2 Å². The van der Waals surface area contributed by atoms with Gasteiger partial charge in [0.1, 0.15) is 6.04 Å². The number of aromatic nitrogens is 1. The Labute approximate surface area is 76.4 Å². The predicted molar refractivity (Wildman–Crippen MR) is 48.3 cm³/mol. The number of rotatable bonds is 3. The van der Waals surface area contributed by atoms with Crippen LogP contribution in [0.3, 0.4) is 0 Å². The summed E-state index contributed by atoms with van der Waals surface area (Å²) in [7, 11) is 0. The summed E-state index contributed by atoms with van der Waals surface area (Å²) in [4.78, 5) is 14.6. The van der Waals surface area contributed by atoms with Crippen LogP contribution in [0.5, 0.6) is 0 Å². The van der Waals surface area contributed by atoms with Crippen molar-refractivity contribution < 1.29 is 9.90 Å². The van der Waals surface area contributed by atoms with Crippen molar-refractivity contribution in [2.24, 2.45) is 5.73 Å². The Bertz CT molecular complexity index is 312. The predicted octanol–water partition coefficient (Wildman–Crippen LogP) is 0.344. The lowest BCUT2D eigenvalue weighted by Crippen LogP contribution is -2.32. The summed E-state index contributed by atoms with van der Waals surface area (Å²) < 4.78 is 0. The van der Waals surface area contributed by atoms with Gasteiger partial charge in [0.15, 0.2) is 0 Å². The van der Waals surface area contributed by atoms with E-state index < -0.39 is 12.0 Å². The van der Waals surface area contributed by atoms with Crippen molar-refractivity contribution in [2.45, 2.75) is 19.4 Å². The zero-order valence-corrected chi connectivity index (χ0v) is 7.40. The van der Waals surface area contributed by atoms with Gasteiger partial charge in [-0.25, -0.2) is 0 Å². The highest BCUT2D eigenvalue weighted by molar-refractivity contribution is 5.73. The second-order valence-corrected chi connectivity index (χ2v) is 2.92. The molecule has 0 aromatic carbocycles. The molecule has 3 N–H and O–H groups in total. The molecule has 0 radical (unpaired) electrons. The summed E-state index contributed by atoms with van der Waals surface area (Å²) in [5.41, 5.74) is 6.95. The highest BCUT2D eigenvalue weighted by atomic mass is 16.4. The van der Waals surface area contributed by atoms with Crippen LogP contribution in [0.1, 0.15) is 11.4 Å². The Morgan fingerprint density at radius 3 is 2.92 bits per heavy atom. The van der Waals surface area contributed by atoms with Crippen LogP contribution < -0.4 is 5.73 Å². The largest absolute Gasteiger partial charge is 0.480 e. The van der Waals surface area contributed by atoms with Crippen molar-refractivity contribution >= 4 is 5.97 Å². The third kappa shape index (κ3) is 2.83. The first kappa shape index (κ1) is 9.67. The fourth-order valence-electron chi connectivity index (χ4n) is 1.03. The van der Waals surface area contributed by atoms with Crippen LogP contribution in [0.4, 0.5) is 0 Å². The molecule has 0 saturated carbocycles. The molecule has 0 saturated heterocycles. The van der Waals surface area contributed by atoms with Gasteiger partial charge in [-0.2, -0.15) is 0 Å². The number of hydrogen-bond donors (Lipinski definition) is 2. The fourth-order valence-corrected chi connectivity index (χ4v) is 1.03. The average molecular weight is 180 g/mol. The normalized spacial score (nSPS) is 12.5. The fraction of sp³-hybridized carbons (Fsp3) is 0.333. The summed E-state index contributed by atoms with van der Waals surface area (Å²) in [6.07, 6.45) is 0.275. The number of aliphatic carboxylic acids is 1. The molecule has 0 aliphatic heterocycles. The van der Waals surface area contributed by atoms with E-state index in [-0.39, 0.29) is 6.42 Å². The number of nitrogens with two attached hydrogens (primary N) is 1. The van der Waals surface area contributed by atoms with E-state index in [1.54, 1.807) is 6.07 Å². The first-order valence-corrected chi connectivity index (χ1v) is 4.00. The molecule has 4 heteroatoms. The van der Waals surface area contributed by atoms with E-state index >= 15 is 0 Å². The zero-order valence-electron chi connectivity index (χ0n) is 7.40. The molecule has 0 aliphatic carbocycles. The lowest BCUT2D eigenvalue weighted by Gasteiger charge is -2.05. The van der Waals surface area contributed by atoms with Gasteiger partial charge in [0.05, 0.1) is 0 Å².